The molecule has 0 amide bonds. The molecule has 0 saturated carbocycles. The number of aryl methyl sites for hydroxylation is 1. The molecule has 0 radical (unpaired) electrons. The molecule has 0 bridgehead atoms. The van der Waals surface area contributed by atoms with Crippen LogP contribution in [0.5, 0.6) is 17.2 Å². The Morgan fingerprint density at radius 3 is 2.53 bits per heavy atom. The summed E-state index contributed by atoms with van der Waals surface area (Å²) in [6, 6.07) is 21.9. The van der Waals surface area contributed by atoms with Gasteiger partial charge in [0.1, 0.15) is 19.0 Å². The van der Waals surface area contributed by atoms with Crippen LogP contribution in [-0.2, 0) is 12.8 Å². The molecule has 0 aromatic heterocycles. The van der Waals surface area contributed by atoms with Crippen LogP contribution in [0, 0.1) is 0 Å². The van der Waals surface area contributed by atoms with Crippen molar-refractivity contribution in [3.8, 4) is 17.2 Å². The zero-order valence-electron chi connectivity index (χ0n) is 16.8. The Morgan fingerprint density at radius 2 is 1.57 bits per heavy atom. The lowest BCUT2D eigenvalue weighted by Gasteiger charge is -2.29. The Labute approximate surface area is 181 Å². The summed E-state index contributed by atoms with van der Waals surface area (Å²) in [6.45, 7) is 1.95. The maximum atomic E-state index is 6.25. The van der Waals surface area contributed by atoms with Crippen LogP contribution < -0.4 is 14.2 Å². The molecule has 3 heterocycles. The van der Waals surface area contributed by atoms with Crippen molar-refractivity contribution >= 4 is 11.8 Å². The quantitative estimate of drug-likeness (QED) is 0.515. The summed E-state index contributed by atoms with van der Waals surface area (Å²) in [7, 11) is 0. The summed E-state index contributed by atoms with van der Waals surface area (Å²) >= 11 is 1.99. The van der Waals surface area contributed by atoms with E-state index in [4.69, 9.17) is 14.2 Å². The second kappa shape index (κ2) is 7.59. The van der Waals surface area contributed by atoms with Gasteiger partial charge in [-0.3, -0.25) is 0 Å². The van der Waals surface area contributed by atoms with Crippen molar-refractivity contribution in [3.63, 3.8) is 0 Å². The van der Waals surface area contributed by atoms with Crippen LogP contribution in [0.4, 0.5) is 0 Å². The third kappa shape index (κ3) is 3.33. The molecule has 2 unspecified atom stereocenters. The van der Waals surface area contributed by atoms with Crippen molar-refractivity contribution in [1.29, 1.82) is 0 Å². The Hall–Kier alpha value is -2.59. The van der Waals surface area contributed by atoms with Gasteiger partial charge in [-0.25, -0.2) is 0 Å². The van der Waals surface area contributed by atoms with Gasteiger partial charge in [0.2, 0.25) is 0 Å². The molecule has 6 rings (SSSR count). The number of hydrogen-bond acceptors (Lipinski definition) is 4. The molecule has 152 valence electrons. The van der Waals surface area contributed by atoms with E-state index in [2.05, 4.69) is 54.6 Å². The second-order valence-electron chi connectivity index (χ2n) is 8.24. The summed E-state index contributed by atoms with van der Waals surface area (Å²) in [6.07, 6.45) is 3.33. The molecule has 0 aliphatic carbocycles. The molecule has 0 N–H and O–H groups in total. The van der Waals surface area contributed by atoms with E-state index in [9.17, 15) is 0 Å². The minimum atomic E-state index is 0.343. The first kappa shape index (κ1) is 18.2. The van der Waals surface area contributed by atoms with E-state index >= 15 is 0 Å². The van der Waals surface area contributed by atoms with Crippen LogP contribution in [-0.4, -0.2) is 19.8 Å². The number of benzene rings is 3. The van der Waals surface area contributed by atoms with E-state index in [1.165, 1.54) is 33.6 Å². The Balaban J connectivity index is 1.21. The summed E-state index contributed by atoms with van der Waals surface area (Å²) in [5.41, 5.74) is 5.42. The van der Waals surface area contributed by atoms with E-state index in [0.717, 1.165) is 30.1 Å². The highest BCUT2D eigenvalue weighted by atomic mass is 32.2. The van der Waals surface area contributed by atoms with Crippen LogP contribution in [0.25, 0.3) is 0 Å². The van der Waals surface area contributed by atoms with Crippen molar-refractivity contribution in [3.05, 3.63) is 82.9 Å². The lowest BCUT2D eigenvalue weighted by atomic mass is 9.89. The van der Waals surface area contributed by atoms with Gasteiger partial charge in [0.25, 0.3) is 0 Å². The molecular formula is C26H24O3S. The molecule has 0 spiro atoms. The van der Waals surface area contributed by atoms with Gasteiger partial charge < -0.3 is 14.2 Å². The molecular weight excluding hydrogens is 392 g/mol. The molecule has 3 aliphatic rings. The van der Waals surface area contributed by atoms with Crippen molar-refractivity contribution < 1.29 is 14.2 Å². The van der Waals surface area contributed by atoms with Gasteiger partial charge in [-0.05, 0) is 65.8 Å². The monoisotopic (exact) mass is 416 g/mol. The fourth-order valence-corrected chi connectivity index (χ4v) is 5.98. The van der Waals surface area contributed by atoms with Crippen LogP contribution in [0.3, 0.4) is 0 Å². The second-order valence-corrected chi connectivity index (χ2v) is 9.48. The van der Waals surface area contributed by atoms with Gasteiger partial charge in [-0.1, -0.05) is 36.4 Å². The van der Waals surface area contributed by atoms with Gasteiger partial charge in [-0.2, -0.15) is 0 Å². The van der Waals surface area contributed by atoms with E-state index in [0.29, 0.717) is 31.0 Å². The molecule has 0 fully saturated rings. The van der Waals surface area contributed by atoms with Gasteiger partial charge in [0.05, 0.1) is 6.61 Å². The summed E-state index contributed by atoms with van der Waals surface area (Å²) in [4.78, 5) is 1.42. The minimum Gasteiger partial charge on any atom is -0.493 e. The molecule has 0 saturated heterocycles. The summed E-state index contributed by atoms with van der Waals surface area (Å²) in [5.74, 6) is 3.10. The highest BCUT2D eigenvalue weighted by Crippen LogP contribution is 2.46. The first-order chi connectivity index (χ1) is 14.8. The van der Waals surface area contributed by atoms with Gasteiger partial charge in [0, 0.05) is 16.1 Å². The van der Waals surface area contributed by atoms with Gasteiger partial charge in [-0.15, -0.1) is 11.8 Å². The van der Waals surface area contributed by atoms with Gasteiger partial charge in [0.15, 0.2) is 11.5 Å². The number of hydrogen-bond donors (Lipinski definition) is 0. The molecule has 3 aliphatic heterocycles. The van der Waals surface area contributed by atoms with Crippen molar-refractivity contribution in [2.75, 3.05) is 19.8 Å². The smallest absolute Gasteiger partial charge is 0.161 e. The summed E-state index contributed by atoms with van der Waals surface area (Å²) in [5, 5.41) is 0.504. The van der Waals surface area contributed by atoms with Gasteiger partial charge >= 0.3 is 0 Å². The molecule has 30 heavy (non-hydrogen) atoms. The number of thioether (sulfide) groups is 1. The fraction of sp³-hybridized carbons (Fsp3) is 0.308. The van der Waals surface area contributed by atoms with Crippen LogP contribution in [0.2, 0.25) is 0 Å². The highest BCUT2D eigenvalue weighted by Gasteiger charge is 2.26. The zero-order chi connectivity index (χ0) is 19.9. The topological polar surface area (TPSA) is 27.7 Å². The van der Waals surface area contributed by atoms with E-state index in [1.807, 2.05) is 17.8 Å². The van der Waals surface area contributed by atoms with Crippen LogP contribution in [0.1, 0.15) is 39.8 Å². The average Bonchev–Trinajstić information content (AvgIpc) is 2.83. The lowest BCUT2D eigenvalue weighted by molar-refractivity contribution is 0.171. The number of rotatable bonds is 2. The first-order valence-electron chi connectivity index (χ1n) is 10.7. The van der Waals surface area contributed by atoms with Crippen molar-refractivity contribution in [2.45, 2.75) is 35.3 Å². The van der Waals surface area contributed by atoms with Crippen molar-refractivity contribution in [1.82, 2.24) is 0 Å². The highest BCUT2D eigenvalue weighted by molar-refractivity contribution is 7.99. The predicted octanol–water partition coefficient (Wildman–Crippen LogP) is 5.96. The van der Waals surface area contributed by atoms with Crippen LogP contribution >= 0.6 is 11.8 Å². The Kier molecular flexibility index (Phi) is 4.60. The largest absolute Gasteiger partial charge is 0.493 e. The van der Waals surface area contributed by atoms with E-state index in [1.54, 1.807) is 0 Å². The lowest BCUT2D eigenvalue weighted by Crippen LogP contribution is -2.20. The first-order valence-corrected chi connectivity index (χ1v) is 11.6. The normalized spacial score (nSPS) is 21.9. The minimum absolute atomic E-state index is 0.343. The Morgan fingerprint density at radius 1 is 0.733 bits per heavy atom. The number of ether oxygens (including phenoxy) is 3. The van der Waals surface area contributed by atoms with Crippen molar-refractivity contribution in [2.24, 2.45) is 0 Å². The fourth-order valence-electron chi connectivity index (χ4n) is 4.68. The molecule has 3 aromatic carbocycles. The third-order valence-electron chi connectivity index (χ3n) is 6.32. The average molecular weight is 417 g/mol. The zero-order valence-corrected chi connectivity index (χ0v) is 17.6. The van der Waals surface area contributed by atoms with E-state index in [-0.39, 0.29) is 0 Å². The standard InChI is InChI=1S/C26H24O3S/c1-2-4-25-17(3-1)8-10-26(30-25)20-6-5-19-13-21(16-29-23(19)15-20)18-7-9-22-24(14-18)28-12-11-27-22/h1-7,9,14-15,21,26H,8,10-13,16H2. The maximum Gasteiger partial charge on any atom is 0.161 e. The SMILES string of the molecule is c1ccc2c(c1)CCC(c1ccc3c(c1)OCC(c1ccc4c(c1)OCCO4)C3)S2. The van der Waals surface area contributed by atoms with E-state index < -0.39 is 0 Å². The maximum absolute atomic E-state index is 6.25. The molecule has 3 nitrogen and oxygen atoms in total. The predicted molar refractivity (Wildman–Crippen MR) is 119 cm³/mol. The number of fused-ring (bicyclic) bond motifs is 3. The third-order valence-corrected chi connectivity index (χ3v) is 7.77. The van der Waals surface area contributed by atoms with Crippen LogP contribution in [0.15, 0.2) is 65.6 Å². The summed E-state index contributed by atoms with van der Waals surface area (Å²) < 4.78 is 17.7. The molecule has 2 atom stereocenters. The Bertz CT molecular complexity index is 1090. The molecule has 3 aromatic rings. The molecule has 4 heteroatoms.